The van der Waals surface area contributed by atoms with E-state index in [0.717, 1.165) is 15.8 Å². The molecule has 0 amide bonds. The van der Waals surface area contributed by atoms with Crippen molar-refractivity contribution < 1.29 is 4.39 Å². The van der Waals surface area contributed by atoms with E-state index in [9.17, 15) is 4.39 Å². The first-order valence-electron chi connectivity index (χ1n) is 4.63. The Morgan fingerprint density at radius 3 is 2.80 bits per heavy atom. The average Bonchev–Trinajstić information content (AvgIpc) is 2.22. The van der Waals surface area contributed by atoms with Crippen LogP contribution in [0.3, 0.4) is 0 Å². The Balaban J connectivity index is 2.64. The molecule has 0 atom stereocenters. The van der Waals surface area contributed by atoms with E-state index in [1.807, 2.05) is 12.1 Å². The smallest absolute Gasteiger partial charge is 0.126 e. The summed E-state index contributed by atoms with van der Waals surface area (Å²) in [7, 11) is 0. The molecule has 3 heteroatoms. The van der Waals surface area contributed by atoms with Crippen molar-refractivity contribution in [3.8, 4) is 11.3 Å². The summed E-state index contributed by atoms with van der Waals surface area (Å²) in [5.41, 5.74) is 2.33. The van der Waals surface area contributed by atoms with E-state index >= 15 is 0 Å². The van der Waals surface area contributed by atoms with E-state index in [0.29, 0.717) is 5.56 Å². The van der Waals surface area contributed by atoms with Crippen LogP contribution >= 0.6 is 12.2 Å². The monoisotopic (exact) mass is 219 g/mol. The SMILES string of the molecule is Cc1c(F)cccc1-c1cc(=S)cc[nH]1. The molecule has 1 aromatic heterocycles. The van der Waals surface area contributed by atoms with Crippen molar-refractivity contribution in [3.05, 3.63) is 52.4 Å². The maximum atomic E-state index is 13.3. The fourth-order valence-electron chi connectivity index (χ4n) is 1.50. The topological polar surface area (TPSA) is 15.8 Å². The van der Waals surface area contributed by atoms with Gasteiger partial charge in [0.1, 0.15) is 5.82 Å². The highest BCUT2D eigenvalue weighted by Crippen LogP contribution is 2.22. The molecule has 0 aliphatic heterocycles. The van der Waals surface area contributed by atoms with Gasteiger partial charge in [-0.15, -0.1) is 0 Å². The highest BCUT2D eigenvalue weighted by atomic mass is 32.1. The lowest BCUT2D eigenvalue weighted by Crippen LogP contribution is -1.89. The van der Waals surface area contributed by atoms with Gasteiger partial charge in [0.05, 0.1) is 0 Å². The van der Waals surface area contributed by atoms with Crippen LogP contribution in [-0.2, 0) is 0 Å². The zero-order valence-electron chi connectivity index (χ0n) is 8.25. The molecule has 0 spiro atoms. The Morgan fingerprint density at radius 1 is 1.27 bits per heavy atom. The summed E-state index contributed by atoms with van der Waals surface area (Å²) in [6.45, 7) is 1.76. The fourth-order valence-corrected chi connectivity index (χ4v) is 1.69. The lowest BCUT2D eigenvalue weighted by molar-refractivity contribution is 0.619. The molecule has 1 heterocycles. The summed E-state index contributed by atoms with van der Waals surface area (Å²) in [4.78, 5) is 3.06. The maximum Gasteiger partial charge on any atom is 0.126 e. The molecule has 0 fully saturated rings. The lowest BCUT2D eigenvalue weighted by atomic mass is 10.0. The van der Waals surface area contributed by atoms with Crippen molar-refractivity contribution in [3.63, 3.8) is 0 Å². The molecule has 2 aromatic rings. The number of halogens is 1. The Labute approximate surface area is 92.6 Å². The van der Waals surface area contributed by atoms with Gasteiger partial charge in [-0.3, -0.25) is 0 Å². The van der Waals surface area contributed by atoms with Crippen LogP contribution in [0.25, 0.3) is 11.3 Å². The zero-order chi connectivity index (χ0) is 10.8. The van der Waals surface area contributed by atoms with Crippen LogP contribution in [0, 0.1) is 17.3 Å². The zero-order valence-corrected chi connectivity index (χ0v) is 9.07. The quantitative estimate of drug-likeness (QED) is 0.720. The van der Waals surface area contributed by atoms with Crippen molar-refractivity contribution in [1.29, 1.82) is 0 Å². The van der Waals surface area contributed by atoms with E-state index < -0.39 is 0 Å². The number of hydrogen-bond acceptors (Lipinski definition) is 1. The third-order valence-corrected chi connectivity index (χ3v) is 2.58. The summed E-state index contributed by atoms with van der Waals surface area (Å²) in [5.74, 6) is -0.198. The first-order valence-corrected chi connectivity index (χ1v) is 5.03. The van der Waals surface area contributed by atoms with Gasteiger partial charge in [0.15, 0.2) is 0 Å². The van der Waals surface area contributed by atoms with Crippen LogP contribution in [0.15, 0.2) is 36.5 Å². The van der Waals surface area contributed by atoms with Crippen molar-refractivity contribution in [2.45, 2.75) is 6.92 Å². The number of nitrogens with one attached hydrogen (secondary N) is 1. The number of rotatable bonds is 1. The van der Waals surface area contributed by atoms with Gasteiger partial charge >= 0.3 is 0 Å². The fraction of sp³-hybridized carbons (Fsp3) is 0.0833. The molecule has 0 saturated heterocycles. The summed E-state index contributed by atoms with van der Waals surface area (Å²) in [5, 5.41) is 0. The lowest BCUT2D eigenvalue weighted by Gasteiger charge is -2.06. The summed E-state index contributed by atoms with van der Waals surface area (Å²) < 4.78 is 14.1. The average molecular weight is 219 g/mol. The predicted molar refractivity (Wildman–Crippen MR) is 61.8 cm³/mol. The van der Waals surface area contributed by atoms with Gasteiger partial charge in [0.25, 0.3) is 0 Å². The molecule has 15 heavy (non-hydrogen) atoms. The molecule has 76 valence electrons. The van der Waals surface area contributed by atoms with Crippen LogP contribution in [0.4, 0.5) is 4.39 Å². The molecule has 1 N–H and O–H groups in total. The van der Waals surface area contributed by atoms with Crippen LogP contribution in [-0.4, -0.2) is 4.98 Å². The Kier molecular flexibility index (Phi) is 2.64. The van der Waals surface area contributed by atoms with Crippen molar-refractivity contribution in [2.24, 2.45) is 0 Å². The molecule has 0 unspecified atom stereocenters. The second-order valence-corrected chi connectivity index (χ2v) is 3.82. The second-order valence-electron chi connectivity index (χ2n) is 3.35. The minimum Gasteiger partial charge on any atom is -0.361 e. The molecular weight excluding hydrogens is 209 g/mol. The normalized spacial score (nSPS) is 10.3. The number of pyridine rings is 1. The number of hydrogen-bond donors (Lipinski definition) is 1. The molecule has 2 rings (SSSR count). The Bertz CT molecular complexity index is 545. The third-order valence-electron chi connectivity index (χ3n) is 2.33. The van der Waals surface area contributed by atoms with E-state index in [2.05, 4.69) is 4.98 Å². The first kappa shape index (κ1) is 10.1. The van der Waals surface area contributed by atoms with Crippen molar-refractivity contribution in [1.82, 2.24) is 4.98 Å². The standard InChI is InChI=1S/C12H10FNS/c1-8-10(3-2-4-11(8)13)12-7-9(15)5-6-14-12/h2-7H,1H3,(H,14,15). The van der Waals surface area contributed by atoms with Gasteiger partial charge in [-0.1, -0.05) is 24.4 Å². The summed E-state index contributed by atoms with van der Waals surface area (Å²) in [6, 6.07) is 8.65. The van der Waals surface area contributed by atoms with E-state index in [4.69, 9.17) is 12.2 Å². The van der Waals surface area contributed by atoms with Gasteiger partial charge in [0, 0.05) is 22.0 Å². The molecule has 0 radical (unpaired) electrons. The first-order chi connectivity index (χ1) is 7.18. The van der Waals surface area contributed by atoms with Gasteiger partial charge in [-0.25, -0.2) is 4.39 Å². The minimum absolute atomic E-state index is 0.198. The molecule has 1 aromatic carbocycles. The van der Waals surface area contributed by atoms with Gasteiger partial charge in [-0.2, -0.15) is 0 Å². The van der Waals surface area contributed by atoms with Crippen molar-refractivity contribution in [2.75, 3.05) is 0 Å². The van der Waals surface area contributed by atoms with E-state index in [1.165, 1.54) is 6.07 Å². The molecule has 0 bridgehead atoms. The second kappa shape index (κ2) is 3.95. The molecule has 1 nitrogen and oxygen atoms in total. The molecular formula is C12H10FNS. The van der Waals surface area contributed by atoms with E-state index in [1.54, 1.807) is 25.3 Å². The van der Waals surface area contributed by atoms with Crippen LogP contribution in [0.2, 0.25) is 0 Å². The third kappa shape index (κ3) is 1.97. The Morgan fingerprint density at radius 2 is 2.07 bits per heavy atom. The largest absolute Gasteiger partial charge is 0.361 e. The van der Waals surface area contributed by atoms with Crippen LogP contribution < -0.4 is 0 Å². The highest BCUT2D eigenvalue weighted by molar-refractivity contribution is 7.71. The molecule has 0 aliphatic rings. The van der Waals surface area contributed by atoms with Crippen LogP contribution in [0.1, 0.15) is 5.56 Å². The van der Waals surface area contributed by atoms with Crippen molar-refractivity contribution >= 4 is 12.2 Å². The minimum atomic E-state index is -0.198. The molecule has 0 saturated carbocycles. The predicted octanol–water partition coefficient (Wildman–Crippen LogP) is 3.86. The Hall–Kier alpha value is -1.48. The number of aromatic nitrogens is 1. The van der Waals surface area contributed by atoms with Gasteiger partial charge < -0.3 is 4.98 Å². The van der Waals surface area contributed by atoms with E-state index in [-0.39, 0.29) is 5.82 Å². The summed E-state index contributed by atoms with van der Waals surface area (Å²) >= 11 is 5.06. The highest BCUT2D eigenvalue weighted by Gasteiger charge is 2.05. The number of H-pyrrole nitrogens is 1. The van der Waals surface area contributed by atoms with Gasteiger partial charge in [-0.05, 0) is 30.7 Å². The van der Waals surface area contributed by atoms with Crippen LogP contribution in [0.5, 0.6) is 0 Å². The number of aromatic amines is 1. The summed E-state index contributed by atoms with van der Waals surface area (Å²) in [6.07, 6.45) is 1.77. The number of benzene rings is 1. The molecule has 0 aliphatic carbocycles. The van der Waals surface area contributed by atoms with Gasteiger partial charge in [0.2, 0.25) is 0 Å². The maximum absolute atomic E-state index is 13.3.